The van der Waals surface area contributed by atoms with Crippen molar-refractivity contribution in [3.63, 3.8) is 0 Å². The Hall–Kier alpha value is -0.490. The minimum Gasteiger partial charge on any atom is -0.0841 e. The zero-order valence-corrected chi connectivity index (χ0v) is 8.06. The van der Waals surface area contributed by atoms with Crippen molar-refractivity contribution in [1.82, 2.24) is 0 Å². The zero-order chi connectivity index (χ0) is 8.55. The van der Waals surface area contributed by atoms with Crippen molar-refractivity contribution in [2.45, 2.75) is 26.2 Å². The third-order valence-corrected chi connectivity index (χ3v) is 2.87. The number of hydrogen-bond acceptors (Lipinski definition) is 0. The Morgan fingerprint density at radius 1 is 1.42 bits per heavy atom. The second-order valence-electron chi connectivity index (χ2n) is 3.73. The molecule has 2 rings (SSSR count). The molecule has 0 bridgehead atoms. The molecule has 0 aromatic heterocycles. The lowest BCUT2D eigenvalue weighted by Crippen LogP contribution is -1.87. The average molecular weight is 181 g/mol. The van der Waals surface area contributed by atoms with Crippen LogP contribution in [0.1, 0.15) is 24.0 Å². The Morgan fingerprint density at radius 2 is 2.17 bits per heavy atom. The van der Waals surface area contributed by atoms with E-state index in [1.165, 1.54) is 30.4 Å². The summed E-state index contributed by atoms with van der Waals surface area (Å²) in [5.41, 5.74) is 2.65. The van der Waals surface area contributed by atoms with E-state index < -0.39 is 0 Å². The molecular formula is C11H13Cl. The predicted octanol–water partition coefficient (Wildman–Crippen LogP) is 3.60. The van der Waals surface area contributed by atoms with Gasteiger partial charge in [0.15, 0.2) is 0 Å². The molecule has 1 saturated carbocycles. The monoisotopic (exact) mass is 180 g/mol. The summed E-state index contributed by atoms with van der Waals surface area (Å²) in [6.45, 7) is 2.07. The van der Waals surface area contributed by atoms with Crippen molar-refractivity contribution < 1.29 is 0 Å². The molecule has 0 amide bonds. The summed E-state index contributed by atoms with van der Waals surface area (Å²) < 4.78 is 0. The van der Waals surface area contributed by atoms with Crippen LogP contribution in [0.4, 0.5) is 0 Å². The highest BCUT2D eigenvalue weighted by molar-refractivity contribution is 6.31. The van der Waals surface area contributed by atoms with Gasteiger partial charge in [-0.3, -0.25) is 0 Å². The number of benzene rings is 1. The van der Waals surface area contributed by atoms with E-state index in [4.69, 9.17) is 11.6 Å². The molecule has 0 unspecified atom stereocenters. The van der Waals surface area contributed by atoms with Gasteiger partial charge in [0, 0.05) is 5.02 Å². The highest BCUT2D eigenvalue weighted by atomic mass is 35.5. The quantitative estimate of drug-likeness (QED) is 0.653. The molecule has 0 saturated heterocycles. The molecule has 1 aromatic carbocycles. The Balaban J connectivity index is 2.15. The van der Waals surface area contributed by atoms with Crippen LogP contribution in [-0.4, -0.2) is 0 Å². The fourth-order valence-electron chi connectivity index (χ4n) is 1.49. The number of halogens is 1. The average Bonchev–Trinajstić information content (AvgIpc) is 2.81. The first-order valence-corrected chi connectivity index (χ1v) is 4.88. The van der Waals surface area contributed by atoms with Crippen molar-refractivity contribution in [2.24, 2.45) is 5.92 Å². The Bertz CT molecular complexity index is 287. The molecule has 0 atom stereocenters. The van der Waals surface area contributed by atoms with E-state index in [0.29, 0.717) is 0 Å². The minimum atomic E-state index is 0.884. The molecule has 64 valence electrons. The Labute approximate surface area is 78.6 Å². The van der Waals surface area contributed by atoms with Crippen molar-refractivity contribution in [3.8, 4) is 0 Å². The normalized spacial score (nSPS) is 16.5. The molecule has 0 aliphatic heterocycles. The summed E-state index contributed by atoms with van der Waals surface area (Å²) in [6, 6.07) is 6.36. The molecule has 1 heteroatoms. The van der Waals surface area contributed by atoms with Gasteiger partial charge in [-0.1, -0.05) is 23.7 Å². The second kappa shape index (κ2) is 3.10. The molecule has 0 N–H and O–H groups in total. The topological polar surface area (TPSA) is 0 Å². The van der Waals surface area contributed by atoms with Gasteiger partial charge in [0.25, 0.3) is 0 Å². The number of rotatable bonds is 2. The minimum absolute atomic E-state index is 0.884. The Kier molecular flexibility index (Phi) is 2.10. The fraction of sp³-hybridized carbons (Fsp3) is 0.455. The van der Waals surface area contributed by atoms with Crippen LogP contribution in [0.15, 0.2) is 18.2 Å². The lowest BCUT2D eigenvalue weighted by Gasteiger charge is -2.02. The first-order chi connectivity index (χ1) is 5.75. The van der Waals surface area contributed by atoms with E-state index in [1.54, 1.807) is 0 Å². The van der Waals surface area contributed by atoms with Gasteiger partial charge in [-0.15, -0.1) is 0 Å². The van der Waals surface area contributed by atoms with Crippen molar-refractivity contribution in [1.29, 1.82) is 0 Å². The van der Waals surface area contributed by atoms with Gasteiger partial charge in [-0.05, 0) is 49.3 Å². The Morgan fingerprint density at radius 3 is 2.75 bits per heavy atom. The maximum Gasteiger partial charge on any atom is 0.0435 e. The highest BCUT2D eigenvalue weighted by Gasteiger charge is 2.21. The second-order valence-corrected chi connectivity index (χ2v) is 4.14. The van der Waals surface area contributed by atoms with Crippen LogP contribution in [0.3, 0.4) is 0 Å². The van der Waals surface area contributed by atoms with Crippen LogP contribution in [0.2, 0.25) is 5.02 Å². The molecule has 0 heterocycles. The molecule has 0 radical (unpaired) electrons. The van der Waals surface area contributed by atoms with E-state index in [1.807, 2.05) is 6.07 Å². The summed E-state index contributed by atoms with van der Waals surface area (Å²) in [5.74, 6) is 0.963. The molecule has 1 aromatic rings. The van der Waals surface area contributed by atoms with Gasteiger partial charge in [0.1, 0.15) is 0 Å². The molecule has 0 nitrogen and oxygen atoms in total. The van der Waals surface area contributed by atoms with Gasteiger partial charge >= 0.3 is 0 Å². The van der Waals surface area contributed by atoms with Crippen LogP contribution in [0.25, 0.3) is 0 Å². The van der Waals surface area contributed by atoms with Gasteiger partial charge in [-0.2, -0.15) is 0 Å². The SMILES string of the molecule is Cc1cc(CC2CC2)ccc1Cl. The standard InChI is InChI=1S/C11H13Cl/c1-8-6-10(4-5-11(8)12)7-9-2-3-9/h4-6,9H,2-3,7H2,1H3. The summed E-state index contributed by atoms with van der Waals surface area (Å²) >= 11 is 5.93. The molecule has 1 aliphatic carbocycles. The third-order valence-electron chi connectivity index (χ3n) is 2.44. The zero-order valence-electron chi connectivity index (χ0n) is 7.31. The van der Waals surface area contributed by atoms with E-state index in [-0.39, 0.29) is 0 Å². The highest BCUT2D eigenvalue weighted by Crippen LogP contribution is 2.33. The fourth-order valence-corrected chi connectivity index (χ4v) is 1.61. The van der Waals surface area contributed by atoms with E-state index in [0.717, 1.165) is 10.9 Å². The van der Waals surface area contributed by atoms with Crippen LogP contribution >= 0.6 is 11.6 Å². The van der Waals surface area contributed by atoms with Gasteiger partial charge in [0.2, 0.25) is 0 Å². The van der Waals surface area contributed by atoms with Crippen molar-refractivity contribution in [2.75, 3.05) is 0 Å². The first kappa shape index (κ1) is 8.12. The van der Waals surface area contributed by atoms with E-state index in [2.05, 4.69) is 19.1 Å². The maximum atomic E-state index is 5.93. The van der Waals surface area contributed by atoms with Crippen molar-refractivity contribution >= 4 is 11.6 Å². The summed E-state index contributed by atoms with van der Waals surface area (Å²) in [4.78, 5) is 0. The van der Waals surface area contributed by atoms with Gasteiger partial charge in [-0.25, -0.2) is 0 Å². The summed E-state index contributed by atoms with van der Waals surface area (Å²) in [6.07, 6.45) is 4.08. The lowest BCUT2D eigenvalue weighted by molar-refractivity contribution is 0.831. The lowest BCUT2D eigenvalue weighted by atomic mass is 10.1. The largest absolute Gasteiger partial charge is 0.0841 e. The van der Waals surface area contributed by atoms with Gasteiger partial charge in [0.05, 0.1) is 0 Å². The van der Waals surface area contributed by atoms with Crippen LogP contribution in [0.5, 0.6) is 0 Å². The molecule has 0 spiro atoms. The van der Waals surface area contributed by atoms with Crippen molar-refractivity contribution in [3.05, 3.63) is 34.3 Å². The van der Waals surface area contributed by atoms with Crippen LogP contribution in [0, 0.1) is 12.8 Å². The number of aryl methyl sites for hydroxylation is 1. The van der Waals surface area contributed by atoms with Gasteiger partial charge < -0.3 is 0 Å². The molecular weight excluding hydrogens is 168 g/mol. The van der Waals surface area contributed by atoms with E-state index >= 15 is 0 Å². The molecule has 1 fully saturated rings. The summed E-state index contributed by atoms with van der Waals surface area (Å²) in [5, 5.41) is 0.884. The summed E-state index contributed by atoms with van der Waals surface area (Å²) in [7, 11) is 0. The van der Waals surface area contributed by atoms with E-state index in [9.17, 15) is 0 Å². The molecule has 1 aliphatic rings. The maximum absolute atomic E-state index is 5.93. The third kappa shape index (κ3) is 1.81. The smallest absolute Gasteiger partial charge is 0.0435 e. The number of hydrogen-bond donors (Lipinski definition) is 0. The first-order valence-electron chi connectivity index (χ1n) is 4.51. The van der Waals surface area contributed by atoms with Crippen LogP contribution in [-0.2, 0) is 6.42 Å². The predicted molar refractivity (Wildman–Crippen MR) is 52.6 cm³/mol. The molecule has 12 heavy (non-hydrogen) atoms. The van der Waals surface area contributed by atoms with Crippen LogP contribution < -0.4 is 0 Å².